The summed E-state index contributed by atoms with van der Waals surface area (Å²) in [5.74, 6) is 0.891. The minimum Gasteiger partial charge on any atom is -0.493 e. The van der Waals surface area contributed by atoms with Gasteiger partial charge in [-0.2, -0.15) is 0 Å². The first kappa shape index (κ1) is 14.9. The van der Waals surface area contributed by atoms with E-state index in [0.717, 1.165) is 22.5 Å². The van der Waals surface area contributed by atoms with E-state index in [1.807, 2.05) is 13.0 Å². The maximum atomic E-state index is 5.52. The predicted octanol–water partition coefficient (Wildman–Crippen LogP) is 5.08. The van der Waals surface area contributed by atoms with Crippen LogP contribution in [0, 0.1) is 13.8 Å². The Hall–Kier alpha value is -1.48. The van der Waals surface area contributed by atoms with E-state index in [4.69, 9.17) is 4.74 Å². The van der Waals surface area contributed by atoms with Crippen LogP contribution in [0.25, 0.3) is 0 Å². The fourth-order valence-corrected chi connectivity index (χ4v) is 2.52. The first-order valence-corrected chi connectivity index (χ1v) is 7.62. The molecule has 106 valence electrons. The van der Waals surface area contributed by atoms with Crippen molar-refractivity contribution in [2.24, 2.45) is 0 Å². The number of ether oxygens (including phenoxy) is 1. The molecule has 0 aliphatic heterocycles. The molecule has 0 radical (unpaired) electrons. The summed E-state index contributed by atoms with van der Waals surface area (Å²) in [6.07, 6.45) is 0. The second-order valence-corrected chi connectivity index (χ2v) is 5.70. The van der Waals surface area contributed by atoms with Gasteiger partial charge in [0.25, 0.3) is 0 Å². The second-order valence-electron chi connectivity index (χ2n) is 4.85. The maximum Gasteiger partial charge on any atom is 0.133 e. The number of benzene rings is 2. The number of anilines is 1. The largest absolute Gasteiger partial charge is 0.493 e. The van der Waals surface area contributed by atoms with E-state index in [9.17, 15) is 0 Å². The number of aryl methyl sites for hydroxylation is 2. The van der Waals surface area contributed by atoms with Gasteiger partial charge in [0.05, 0.1) is 11.1 Å². The van der Waals surface area contributed by atoms with Crippen LogP contribution in [0.3, 0.4) is 0 Å². The number of rotatable bonds is 5. The van der Waals surface area contributed by atoms with E-state index in [2.05, 4.69) is 65.4 Å². The van der Waals surface area contributed by atoms with Crippen molar-refractivity contribution in [1.29, 1.82) is 0 Å². The summed E-state index contributed by atoms with van der Waals surface area (Å²) < 4.78 is 6.51. The molecule has 0 atom stereocenters. The average Bonchev–Trinajstić information content (AvgIpc) is 2.43. The summed E-state index contributed by atoms with van der Waals surface area (Å²) in [5.41, 5.74) is 5.00. The highest BCUT2D eigenvalue weighted by Gasteiger charge is 2.02. The Morgan fingerprint density at radius 1 is 1.05 bits per heavy atom. The van der Waals surface area contributed by atoms with Gasteiger partial charge in [0.15, 0.2) is 0 Å². The van der Waals surface area contributed by atoms with Gasteiger partial charge in [0.2, 0.25) is 0 Å². The van der Waals surface area contributed by atoms with E-state index in [1.165, 1.54) is 16.7 Å². The topological polar surface area (TPSA) is 21.3 Å². The smallest absolute Gasteiger partial charge is 0.133 e. The van der Waals surface area contributed by atoms with Crippen molar-refractivity contribution >= 4 is 21.6 Å². The van der Waals surface area contributed by atoms with Crippen LogP contribution in [0.2, 0.25) is 0 Å². The van der Waals surface area contributed by atoms with Crippen LogP contribution in [-0.4, -0.2) is 6.61 Å². The predicted molar refractivity (Wildman–Crippen MR) is 88.6 cm³/mol. The summed E-state index contributed by atoms with van der Waals surface area (Å²) in [5, 5.41) is 3.45. The van der Waals surface area contributed by atoms with E-state index >= 15 is 0 Å². The molecule has 0 aliphatic rings. The lowest BCUT2D eigenvalue weighted by Gasteiger charge is -2.11. The fraction of sp³-hybridized carbons (Fsp3) is 0.294. The Labute approximate surface area is 129 Å². The monoisotopic (exact) mass is 333 g/mol. The van der Waals surface area contributed by atoms with Crippen LogP contribution in [0.4, 0.5) is 5.69 Å². The molecule has 0 aliphatic carbocycles. The Kier molecular flexibility index (Phi) is 5.07. The van der Waals surface area contributed by atoms with Crippen molar-refractivity contribution < 1.29 is 4.74 Å². The van der Waals surface area contributed by atoms with Crippen molar-refractivity contribution in [3.05, 3.63) is 57.6 Å². The Morgan fingerprint density at radius 2 is 1.85 bits per heavy atom. The fourth-order valence-electron chi connectivity index (χ4n) is 1.98. The molecule has 0 heterocycles. The van der Waals surface area contributed by atoms with Gasteiger partial charge in [-0.1, -0.05) is 12.1 Å². The molecule has 0 saturated heterocycles. The molecular weight excluding hydrogens is 314 g/mol. The Balaban J connectivity index is 2.03. The van der Waals surface area contributed by atoms with Gasteiger partial charge in [-0.25, -0.2) is 0 Å². The highest BCUT2D eigenvalue weighted by atomic mass is 79.9. The van der Waals surface area contributed by atoms with Gasteiger partial charge in [0, 0.05) is 12.2 Å². The van der Waals surface area contributed by atoms with Crippen LogP contribution in [0.1, 0.15) is 23.6 Å². The zero-order valence-electron chi connectivity index (χ0n) is 12.2. The number of hydrogen-bond acceptors (Lipinski definition) is 2. The standard InChI is InChI=1S/C17H20BrNO/c1-4-20-17-8-6-14(10-16(17)18)11-19-15-7-5-12(2)13(3)9-15/h5-10,19H,4,11H2,1-3H3. The van der Waals surface area contributed by atoms with Gasteiger partial charge in [-0.05, 0) is 77.7 Å². The summed E-state index contributed by atoms with van der Waals surface area (Å²) in [7, 11) is 0. The molecule has 20 heavy (non-hydrogen) atoms. The molecule has 0 aromatic heterocycles. The van der Waals surface area contributed by atoms with Crippen molar-refractivity contribution in [2.45, 2.75) is 27.3 Å². The summed E-state index contributed by atoms with van der Waals surface area (Å²) in [4.78, 5) is 0. The Morgan fingerprint density at radius 3 is 2.50 bits per heavy atom. The van der Waals surface area contributed by atoms with Gasteiger partial charge in [-0.3, -0.25) is 0 Å². The van der Waals surface area contributed by atoms with Crippen LogP contribution in [0.15, 0.2) is 40.9 Å². The van der Waals surface area contributed by atoms with Crippen molar-refractivity contribution in [3.8, 4) is 5.75 Å². The molecular formula is C17H20BrNO. The third kappa shape index (κ3) is 3.76. The molecule has 0 saturated carbocycles. The zero-order valence-corrected chi connectivity index (χ0v) is 13.8. The minimum atomic E-state index is 0.679. The number of nitrogens with one attached hydrogen (secondary N) is 1. The van der Waals surface area contributed by atoms with Gasteiger partial charge in [-0.15, -0.1) is 0 Å². The average molecular weight is 334 g/mol. The summed E-state index contributed by atoms with van der Waals surface area (Å²) in [6, 6.07) is 12.6. The lowest BCUT2D eigenvalue weighted by molar-refractivity contribution is 0.338. The van der Waals surface area contributed by atoms with E-state index in [1.54, 1.807) is 0 Å². The van der Waals surface area contributed by atoms with Crippen LogP contribution < -0.4 is 10.1 Å². The van der Waals surface area contributed by atoms with Crippen molar-refractivity contribution in [1.82, 2.24) is 0 Å². The molecule has 2 aromatic rings. The zero-order chi connectivity index (χ0) is 14.5. The van der Waals surface area contributed by atoms with Gasteiger partial charge >= 0.3 is 0 Å². The molecule has 0 amide bonds. The van der Waals surface area contributed by atoms with Gasteiger partial charge < -0.3 is 10.1 Å². The van der Waals surface area contributed by atoms with Crippen LogP contribution in [0.5, 0.6) is 5.75 Å². The molecule has 2 aromatic carbocycles. The summed E-state index contributed by atoms with van der Waals surface area (Å²) >= 11 is 3.54. The Bertz CT molecular complexity index is 596. The molecule has 0 fully saturated rings. The third-order valence-corrected chi connectivity index (χ3v) is 3.92. The van der Waals surface area contributed by atoms with E-state index in [-0.39, 0.29) is 0 Å². The molecule has 0 unspecified atom stereocenters. The quantitative estimate of drug-likeness (QED) is 0.824. The lowest BCUT2D eigenvalue weighted by atomic mass is 10.1. The third-order valence-electron chi connectivity index (χ3n) is 3.30. The second kappa shape index (κ2) is 6.80. The summed E-state index contributed by atoms with van der Waals surface area (Å²) in [6.45, 7) is 7.73. The van der Waals surface area contributed by atoms with Gasteiger partial charge in [0.1, 0.15) is 5.75 Å². The SMILES string of the molecule is CCOc1ccc(CNc2ccc(C)c(C)c2)cc1Br. The van der Waals surface area contributed by atoms with Crippen LogP contribution in [-0.2, 0) is 6.54 Å². The van der Waals surface area contributed by atoms with Crippen LogP contribution >= 0.6 is 15.9 Å². The first-order valence-electron chi connectivity index (χ1n) is 6.82. The normalized spacial score (nSPS) is 10.4. The highest BCUT2D eigenvalue weighted by Crippen LogP contribution is 2.26. The van der Waals surface area contributed by atoms with E-state index < -0.39 is 0 Å². The highest BCUT2D eigenvalue weighted by molar-refractivity contribution is 9.10. The number of hydrogen-bond donors (Lipinski definition) is 1. The van der Waals surface area contributed by atoms with Crippen molar-refractivity contribution in [2.75, 3.05) is 11.9 Å². The van der Waals surface area contributed by atoms with E-state index in [0.29, 0.717) is 6.61 Å². The minimum absolute atomic E-state index is 0.679. The lowest BCUT2D eigenvalue weighted by Crippen LogP contribution is -2.00. The van der Waals surface area contributed by atoms with Crippen molar-refractivity contribution in [3.63, 3.8) is 0 Å². The molecule has 0 bridgehead atoms. The molecule has 0 spiro atoms. The molecule has 2 nitrogen and oxygen atoms in total. The molecule has 1 N–H and O–H groups in total. The molecule has 2 rings (SSSR count). The molecule has 3 heteroatoms. The first-order chi connectivity index (χ1) is 9.60. The number of halogens is 1. The maximum absolute atomic E-state index is 5.52.